The zero-order valence-corrected chi connectivity index (χ0v) is 12.2. The summed E-state index contributed by atoms with van der Waals surface area (Å²) in [7, 11) is 0. The van der Waals surface area contributed by atoms with E-state index >= 15 is 0 Å². The summed E-state index contributed by atoms with van der Waals surface area (Å²) in [5.41, 5.74) is 1.38. The van der Waals surface area contributed by atoms with Gasteiger partial charge in [-0.2, -0.15) is 0 Å². The lowest BCUT2D eigenvalue weighted by Crippen LogP contribution is -2.01. The molecule has 0 atom stereocenters. The third-order valence-electron chi connectivity index (χ3n) is 2.56. The van der Waals surface area contributed by atoms with Gasteiger partial charge in [0.15, 0.2) is 5.78 Å². The first-order valence-electron chi connectivity index (χ1n) is 5.41. The van der Waals surface area contributed by atoms with Crippen LogP contribution in [0.1, 0.15) is 30.1 Å². The number of benzene rings is 1. The average Bonchev–Trinajstić information content (AvgIpc) is 2.31. The maximum atomic E-state index is 11.9. The quantitative estimate of drug-likeness (QED) is 0.597. The third kappa shape index (κ3) is 2.45. The van der Waals surface area contributed by atoms with Crippen molar-refractivity contribution in [3.8, 4) is 0 Å². The zero-order chi connectivity index (χ0) is 12.4. The highest BCUT2D eigenvalue weighted by Gasteiger charge is 2.13. The molecule has 0 saturated carbocycles. The lowest BCUT2D eigenvalue weighted by atomic mass is 10.1. The molecule has 0 fully saturated rings. The van der Waals surface area contributed by atoms with Crippen LogP contribution >= 0.6 is 34.2 Å². The molecule has 0 saturated heterocycles. The number of hydrogen-bond donors (Lipinski definition) is 0. The Morgan fingerprint density at radius 3 is 2.94 bits per heavy atom. The molecule has 2 rings (SSSR count). The van der Waals surface area contributed by atoms with Gasteiger partial charge in [-0.3, -0.25) is 9.78 Å². The Labute approximate surface area is 119 Å². The van der Waals surface area contributed by atoms with E-state index in [4.69, 9.17) is 11.6 Å². The van der Waals surface area contributed by atoms with Gasteiger partial charge in [-0.05, 0) is 35.1 Å². The van der Waals surface area contributed by atoms with Crippen molar-refractivity contribution in [1.82, 2.24) is 4.98 Å². The molecule has 0 radical (unpaired) electrons. The molecule has 0 spiro atoms. The highest BCUT2D eigenvalue weighted by Crippen LogP contribution is 2.29. The fourth-order valence-electron chi connectivity index (χ4n) is 1.71. The molecule has 4 heteroatoms. The first-order valence-corrected chi connectivity index (χ1v) is 6.86. The number of Topliss-reactive ketones (excluding diaryl/α,β-unsaturated/α-hetero) is 1. The Hall–Kier alpha value is -0.680. The van der Waals surface area contributed by atoms with Crippen molar-refractivity contribution in [1.29, 1.82) is 0 Å². The number of carbonyl (C=O) groups is 1. The number of fused-ring (bicyclic) bond motifs is 1. The van der Waals surface area contributed by atoms with E-state index in [0.717, 1.165) is 20.9 Å². The second kappa shape index (κ2) is 5.31. The molecule has 1 aromatic carbocycles. The van der Waals surface area contributed by atoms with Gasteiger partial charge >= 0.3 is 0 Å². The van der Waals surface area contributed by atoms with Crippen LogP contribution < -0.4 is 0 Å². The van der Waals surface area contributed by atoms with E-state index < -0.39 is 0 Å². The predicted octanol–water partition coefficient (Wildman–Crippen LogP) is 4.48. The maximum absolute atomic E-state index is 11.9. The molecule has 0 aliphatic heterocycles. The number of halogens is 2. The van der Waals surface area contributed by atoms with E-state index in [1.54, 1.807) is 6.20 Å². The minimum Gasteiger partial charge on any atom is -0.294 e. The van der Waals surface area contributed by atoms with Gasteiger partial charge in [-0.1, -0.05) is 30.7 Å². The van der Waals surface area contributed by atoms with Crippen LogP contribution in [0, 0.1) is 3.57 Å². The van der Waals surface area contributed by atoms with E-state index in [1.165, 1.54) is 0 Å². The number of para-hydroxylation sites is 1. The Kier molecular flexibility index (Phi) is 3.99. The van der Waals surface area contributed by atoms with Crippen molar-refractivity contribution in [2.75, 3.05) is 0 Å². The molecule has 0 aliphatic carbocycles. The van der Waals surface area contributed by atoms with Gasteiger partial charge in [0.25, 0.3) is 0 Å². The third-order valence-corrected chi connectivity index (χ3v) is 3.84. The van der Waals surface area contributed by atoms with E-state index in [2.05, 4.69) is 27.6 Å². The molecule has 0 aliphatic rings. The summed E-state index contributed by atoms with van der Waals surface area (Å²) in [4.78, 5) is 16.2. The highest BCUT2D eigenvalue weighted by atomic mass is 127. The monoisotopic (exact) mass is 359 g/mol. The Balaban J connectivity index is 2.62. The van der Waals surface area contributed by atoms with Gasteiger partial charge in [0, 0.05) is 21.6 Å². The molecule has 2 aromatic rings. The Morgan fingerprint density at radius 2 is 2.24 bits per heavy atom. The van der Waals surface area contributed by atoms with Crippen LogP contribution in [-0.2, 0) is 0 Å². The standard InChI is InChI=1S/C13H11ClINO/c1-2-4-11(17)9-7-16-13-8(12(9)14)5-3-6-10(13)15/h3,5-7H,2,4H2,1H3. The van der Waals surface area contributed by atoms with Crippen LogP contribution in [-0.4, -0.2) is 10.8 Å². The second-order valence-electron chi connectivity index (χ2n) is 3.80. The number of aromatic nitrogens is 1. The van der Waals surface area contributed by atoms with Gasteiger partial charge in [0.2, 0.25) is 0 Å². The Bertz CT molecular complexity index is 583. The van der Waals surface area contributed by atoms with Gasteiger partial charge in [-0.25, -0.2) is 0 Å². The number of pyridine rings is 1. The summed E-state index contributed by atoms with van der Waals surface area (Å²) in [6.45, 7) is 1.98. The summed E-state index contributed by atoms with van der Waals surface area (Å²) in [6.07, 6.45) is 2.92. The first-order chi connectivity index (χ1) is 8.15. The summed E-state index contributed by atoms with van der Waals surface area (Å²) < 4.78 is 1.04. The van der Waals surface area contributed by atoms with Gasteiger partial charge < -0.3 is 0 Å². The number of nitrogens with zero attached hydrogens (tertiary/aromatic N) is 1. The van der Waals surface area contributed by atoms with E-state index in [1.807, 2.05) is 25.1 Å². The first kappa shape index (κ1) is 12.8. The molecule has 1 heterocycles. The second-order valence-corrected chi connectivity index (χ2v) is 5.34. The number of hydrogen-bond acceptors (Lipinski definition) is 2. The maximum Gasteiger partial charge on any atom is 0.165 e. The number of carbonyl (C=O) groups excluding carboxylic acids is 1. The summed E-state index contributed by atoms with van der Waals surface area (Å²) >= 11 is 8.49. The molecule has 88 valence electrons. The molecular weight excluding hydrogens is 349 g/mol. The molecular formula is C13H11ClINO. The Morgan fingerprint density at radius 1 is 1.47 bits per heavy atom. The molecule has 0 unspecified atom stereocenters. The largest absolute Gasteiger partial charge is 0.294 e. The van der Waals surface area contributed by atoms with Crippen molar-refractivity contribution in [2.45, 2.75) is 19.8 Å². The lowest BCUT2D eigenvalue weighted by molar-refractivity contribution is 0.0981. The topological polar surface area (TPSA) is 30.0 Å². The van der Waals surface area contributed by atoms with E-state index in [0.29, 0.717) is 17.0 Å². The molecule has 0 N–H and O–H groups in total. The molecule has 1 aromatic heterocycles. The minimum absolute atomic E-state index is 0.0609. The van der Waals surface area contributed by atoms with Gasteiger partial charge in [-0.15, -0.1) is 0 Å². The van der Waals surface area contributed by atoms with Crippen LogP contribution in [0.5, 0.6) is 0 Å². The zero-order valence-electron chi connectivity index (χ0n) is 9.34. The van der Waals surface area contributed by atoms with Crippen molar-refractivity contribution in [3.63, 3.8) is 0 Å². The fourth-order valence-corrected chi connectivity index (χ4v) is 2.65. The highest BCUT2D eigenvalue weighted by molar-refractivity contribution is 14.1. The van der Waals surface area contributed by atoms with Crippen molar-refractivity contribution >= 4 is 50.9 Å². The van der Waals surface area contributed by atoms with Crippen LogP contribution in [0.25, 0.3) is 10.9 Å². The van der Waals surface area contributed by atoms with Crippen LogP contribution in [0.2, 0.25) is 5.02 Å². The molecule has 17 heavy (non-hydrogen) atoms. The normalized spacial score (nSPS) is 10.8. The summed E-state index contributed by atoms with van der Waals surface area (Å²) in [5.74, 6) is 0.0609. The van der Waals surface area contributed by atoms with Crippen molar-refractivity contribution in [3.05, 3.63) is 38.6 Å². The number of ketones is 1. The lowest BCUT2D eigenvalue weighted by Gasteiger charge is -2.06. The SMILES string of the molecule is CCCC(=O)c1cnc2c(I)cccc2c1Cl. The average molecular weight is 360 g/mol. The van der Waals surface area contributed by atoms with Crippen molar-refractivity contribution < 1.29 is 4.79 Å². The summed E-state index contributed by atoms with van der Waals surface area (Å²) in [6, 6.07) is 5.79. The van der Waals surface area contributed by atoms with Crippen LogP contribution in [0.3, 0.4) is 0 Å². The molecule has 0 bridgehead atoms. The van der Waals surface area contributed by atoms with Crippen molar-refractivity contribution in [2.24, 2.45) is 0 Å². The number of rotatable bonds is 3. The van der Waals surface area contributed by atoms with E-state index in [9.17, 15) is 4.79 Å². The predicted molar refractivity (Wildman–Crippen MR) is 78.7 cm³/mol. The molecule has 0 amide bonds. The summed E-state index contributed by atoms with van der Waals surface area (Å²) in [5, 5.41) is 1.37. The van der Waals surface area contributed by atoms with Crippen LogP contribution in [0.15, 0.2) is 24.4 Å². The van der Waals surface area contributed by atoms with Crippen LogP contribution in [0.4, 0.5) is 0 Å². The van der Waals surface area contributed by atoms with E-state index in [-0.39, 0.29) is 5.78 Å². The van der Waals surface area contributed by atoms with Gasteiger partial charge in [0.1, 0.15) is 0 Å². The molecule has 2 nitrogen and oxygen atoms in total. The smallest absolute Gasteiger partial charge is 0.165 e. The fraction of sp³-hybridized carbons (Fsp3) is 0.231. The minimum atomic E-state index is 0.0609. The van der Waals surface area contributed by atoms with Gasteiger partial charge in [0.05, 0.1) is 16.1 Å².